The number of rotatable bonds is 12. The number of non-ortho nitro benzene ring substituents is 1. The van der Waals surface area contributed by atoms with E-state index in [0.29, 0.717) is 22.6 Å². The Morgan fingerprint density at radius 2 is 1.52 bits per heavy atom. The minimum absolute atomic E-state index is 0.0430. The van der Waals surface area contributed by atoms with Crippen LogP contribution in [0.15, 0.2) is 126 Å². The van der Waals surface area contributed by atoms with Crippen molar-refractivity contribution < 1.29 is 33.3 Å². The molecule has 5 rings (SSSR count). The second-order valence-corrected chi connectivity index (χ2v) is 12.7. The molecular weight excluding hydrogens is 664 g/mol. The first kappa shape index (κ1) is 36.5. The molecule has 1 atom stereocenters. The number of nitrogens with zero attached hydrogens (tertiary/aromatic N) is 1. The number of carbonyl (C=O) groups excluding carboxylic acids is 4. The minimum Gasteiger partial charge on any atom is -0.457 e. The molecule has 1 aromatic heterocycles. The van der Waals surface area contributed by atoms with Gasteiger partial charge in [0.1, 0.15) is 23.2 Å². The highest BCUT2D eigenvalue weighted by molar-refractivity contribution is 6.15. The highest BCUT2D eigenvalue weighted by atomic mass is 16.6. The first-order valence-corrected chi connectivity index (χ1v) is 16.3. The average Bonchev–Trinajstić information content (AvgIpc) is 3.60. The summed E-state index contributed by atoms with van der Waals surface area (Å²) in [7, 11) is 0. The number of amides is 3. The van der Waals surface area contributed by atoms with Crippen molar-refractivity contribution >= 4 is 46.8 Å². The number of nitro benzene ring substituents is 1. The van der Waals surface area contributed by atoms with Crippen LogP contribution in [-0.4, -0.2) is 40.3 Å². The van der Waals surface area contributed by atoms with E-state index in [-0.39, 0.29) is 29.0 Å². The summed E-state index contributed by atoms with van der Waals surface area (Å²) in [6.07, 6.45) is 2.09. The van der Waals surface area contributed by atoms with Gasteiger partial charge in [0, 0.05) is 47.0 Å². The van der Waals surface area contributed by atoms with Crippen LogP contribution in [0, 0.1) is 10.1 Å². The summed E-state index contributed by atoms with van der Waals surface area (Å²) in [6, 6.07) is 30.3. The van der Waals surface area contributed by atoms with Crippen LogP contribution in [0.5, 0.6) is 0 Å². The molecule has 0 radical (unpaired) electrons. The van der Waals surface area contributed by atoms with Crippen LogP contribution < -0.4 is 16.0 Å². The van der Waals surface area contributed by atoms with Gasteiger partial charge in [-0.2, -0.15) is 0 Å². The molecule has 3 N–H and O–H groups in total. The van der Waals surface area contributed by atoms with E-state index >= 15 is 0 Å². The van der Waals surface area contributed by atoms with Crippen molar-refractivity contribution in [3.05, 3.63) is 154 Å². The first-order valence-electron chi connectivity index (χ1n) is 16.3. The van der Waals surface area contributed by atoms with E-state index in [1.165, 1.54) is 42.5 Å². The molecule has 0 saturated heterocycles. The van der Waals surface area contributed by atoms with Crippen molar-refractivity contribution in [2.75, 3.05) is 10.6 Å². The molecule has 0 aliphatic carbocycles. The van der Waals surface area contributed by atoms with E-state index in [1.807, 2.05) is 30.3 Å². The fraction of sp³-hybridized carbons (Fsp3) is 0.150. The van der Waals surface area contributed by atoms with E-state index < -0.39 is 40.3 Å². The van der Waals surface area contributed by atoms with Crippen molar-refractivity contribution in [3.63, 3.8) is 0 Å². The standard InChI is InChI=1S/C40H36N4O8/c1-40(2,3)52-39(48)43-34(24-26-10-6-4-7-11-26)38(47)42-33-21-16-29(25-32(33)37(46)28-12-8-5-9-13-28)41-36(45)23-20-31-19-22-35(51-31)27-14-17-30(18-15-27)44(49)50/h4-23,25,34H,24H2,1-3H3,(H,41,45)(H,42,47)(H,43,48)/b23-20+/t34-/m1/s1. The molecule has 0 aliphatic heterocycles. The maximum atomic E-state index is 13.8. The SMILES string of the molecule is CC(C)(C)OC(=O)N[C@H](Cc1ccccc1)C(=O)Nc1ccc(NC(=O)/C=C/c2ccc(-c3ccc([N+](=O)[O-])cc3)o2)cc1C(=O)c1ccccc1. The lowest BCUT2D eigenvalue weighted by molar-refractivity contribution is -0.384. The normalized spacial score (nSPS) is 11.8. The predicted molar refractivity (Wildman–Crippen MR) is 197 cm³/mol. The summed E-state index contributed by atoms with van der Waals surface area (Å²) in [5.41, 5.74) is 1.51. The Hall–Kier alpha value is -6.82. The van der Waals surface area contributed by atoms with Gasteiger partial charge in [-0.1, -0.05) is 60.7 Å². The molecule has 264 valence electrons. The van der Waals surface area contributed by atoms with Gasteiger partial charge in [0.05, 0.1) is 10.6 Å². The van der Waals surface area contributed by atoms with Gasteiger partial charge in [0.2, 0.25) is 11.8 Å². The molecule has 3 amide bonds. The highest BCUT2D eigenvalue weighted by Crippen LogP contribution is 2.27. The van der Waals surface area contributed by atoms with Crippen molar-refractivity contribution in [1.82, 2.24) is 5.32 Å². The summed E-state index contributed by atoms with van der Waals surface area (Å²) < 4.78 is 11.2. The lowest BCUT2D eigenvalue weighted by atomic mass is 10.00. The Bertz CT molecular complexity index is 2100. The molecule has 5 aromatic rings. The zero-order chi connectivity index (χ0) is 37.3. The molecule has 0 fully saturated rings. The number of ketones is 1. The van der Waals surface area contributed by atoms with Gasteiger partial charge in [0.25, 0.3) is 5.69 Å². The largest absolute Gasteiger partial charge is 0.457 e. The maximum absolute atomic E-state index is 13.8. The third kappa shape index (κ3) is 10.1. The molecule has 12 heteroatoms. The summed E-state index contributed by atoms with van der Waals surface area (Å²) in [5, 5.41) is 19.1. The summed E-state index contributed by atoms with van der Waals surface area (Å²) >= 11 is 0. The topological polar surface area (TPSA) is 170 Å². The van der Waals surface area contributed by atoms with Crippen molar-refractivity contribution in [1.29, 1.82) is 0 Å². The Labute approximate surface area is 299 Å². The predicted octanol–water partition coefficient (Wildman–Crippen LogP) is 7.81. The monoisotopic (exact) mass is 700 g/mol. The van der Waals surface area contributed by atoms with Gasteiger partial charge in [-0.15, -0.1) is 0 Å². The number of carbonyl (C=O) groups is 4. The molecular formula is C40H36N4O8. The number of ether oxygens (including phenoxy) is 1. The van der Waals surface area contributed by atoms with Gasteiger partial charge in [0.15, 0.2) is 5.78 Å². The van der Waals surface area contributed by atoms with E-state index in [4.69, 9.17) is 9.15 Å². The Balaban J connectivity index is 1.35. The van der Waals surface area contributed by atoms with Crippen molar-refractivity contribution in [2.24, 2.45) is 0 Å². The maximum Gasteiger partial charge on any atom is 0.408 e. The zero-order valence-electron chi connectivity index (χ0n) is 28.6. The van der Waals surface area contributed by atoms with E-state index in [9.17, 15) is 29.3 Å². The Morgan fingerprint density at radius 1 is 0.846 bits per heavy atom. The van der Waals surface area contributed by atoms with Crippen LogP contribution in [0.25, 0.3) is 17.4 Å². The zero-order valence-corrected chi connectivity index (χ0v) is 28.6. The number of nitrogens with one attached hydrogen (secondary N) is 3. The van der Waals surface area contributed by atoms with Gasteiger partial charge in [-0.3, -0.25) is 24.5 Å². The molecule has 52 heavy (non-hydrogen) atoms. The third-order valence-electron chi connectivity index (χ3n) is 7.50. The number of hydrogen-bond donors (Lipinski definition) is 3. The van der Waals surface area contributed by atoms with Gasteiger partial charge < -0.3 is 25.1 Å². The van der Waals surface area contributed by atoms with Crippen molar-refractivity contribution in [2.45, 2.75) is 38.8 Å². The van der Waals surface area contributed by atoms with Crippen LogP contribution in [0.3, 0.4) is 0 Å². The van der Waals surface area contributed by atoms with Gasteiger partial charge in [-0.25, -0.2) is 4.79 Å². The van der Waals surface area contributed by atoms with E-state index in [0.717, 1.165) is 5.56 Å². The second kappa shape index (κ2) is 16.3. The quantitative estimate of drug-likeness (QED) is 0.0512. The summed E-state index contributed by atoms with van der Waals surface area (Å²) in [6.45, 7) is 5.15. The van der Waals surface area contributed by atoms with Crippen LogP contribution >= 0.6 is 0 Å². The molecule has 0 bridgehead atoms. The lowest BCUT2D eigenvalue weighted by Gasteiger charge is -2.24. The fourth-order valence-corrected chi connectivity index (χ4v) is 5.08. The van der Waals surface area contributed by atoms with Crippen LogP contribution in [0.4, 0.5) is 21.9 Å². The first-order chi connectivity index (χ1) is 24.8. The van der Waals surface area contributed by atoms with Crippen LogP contribution in [0.1, 0.15) is 48.0 Å². The average molecular weight is 701 g/mol. The van der Waals surface area contributed by atoms with Crippen LogP contribution in [0.2, 0.25) is 0 Å². The lowest BCUT2D eigenvalue weighted by Crippen LogP contribution is -2.47. The molecule has 0 unspecified atom stereocenters. The third-order valence-corrected chi connectivity index (χ3v) is 7.50. The number of anilines is 2. The molecule has 0 aliphatic rings. The number of furan rings is 1. The molecule has 4 aromatic carbocycles. The van der Waals surface area contributed by atoms with Gasteiger partial charge in [-0.05, 0) is 74.9 Å². The van der Waals surface area contributed by atoms with Gasteiger partial charge >= 0.3 is 6.09 Å². The van der Waals surface area contributed by atoms with E-state index in [1.54, 1.807) is 75.4 Å². The minimum atomic E-state index is -1.05. The number of hydrogen-bond acceptors (Lipinski definition) is 8. The summed E-state index contributed by atoms with van der Waals surface area (Å²) in [5.74, 6) is -0.678. The highest BCUT2D eigenvalue weighted by Gasteiger charge is 2.26. The molecule has 0 spiro atoms. The fourth-order valence-electron chi connectivity index (χ4n) is 5.08. The molecule has 1 heterocycles. The van der Waals surface area contributed by atoms with Crippen molar-refractivity contribution in [3.8, 4) is 11.3 Å². The molecule has 12 nitrogen and oxygen atoms in total. The Kier molecular flexibility index (Phi) is 11.4. The Morgan fingerprint density at radius 3 is 2.17 bits per heavy atom. The number of benzene rings is 4. The number of nitro groups is 1. The second-order valence-electron chi connectivity index (χ2n) is 12.7. The smallest absolute Gasteiger partial charge is 0.408 e. The van der Waals surface area contributed by atoms with E-state index in [2.05, 4.69) is 16.0 Å². The van der Waals surface area contributed by atoms with Crippen LogP contribution in [-0.2, 0) is 20.7 Å². The number of alkyl carbamates (subject to hydrolysis) is 1. The summed E-state index contributed by atoms with van der Waals surface area (Å²) in [4.78, 5) is 63.6. The molecule has 0 saturated carbocycles.